The van der Waals surface area contributed by atoms with Crippen molar-refractivity contribution >= 4 is 11.9 Å². The van der Waals surface area contributed by atoms with Crippen LogP contribution in [0.4, 0.5) is 4.39 Å². The summed E-state index contributed by atoms with van der Waals surface area (Å²) in [6, 6.07) is 9.18. The molecule has 0 bridgehead atoms. The Morgan fingerprint density at radius 2 is 1.96 bits per heavy atom. The molecule has 1 aromatic heterocycles. The highest BCUT2D eigenvalue weighted by molar-refractivity contribution is 5.92. The van der Waals surface area contributed by atoms with Crippen molar-refractivity contribution in [1.29, 1.82) is 0 Å². The molecule has 0 aliphatic carbocycles. The minimum Gasteiger partial charge on any atom is -0.481 e. The van der Waals surface area contributed by atoms with E-state index in [0.717, 1.165) is 0 Å². The highest BCUT2D eigenvalue weighted by Gasteiger charge is 2.38. The lowest BCUT2D eigenvalue weighted by Crippen LogP contribution is -2.29. The Labute approximate surface area is 132 Å². The molecule has 1 aliphatic heterocycles. The molecule has 0 unspecified atom stereocenters. The molecule has 1 saturated heterocycles. The minimum atomic E-state index is -0.903. The van der Waals surface area contributed by atoms with Crippen LogP contribution in [0.25, 0.3) is 11.3 Å². The van der Waals surface area contributed by atoms with Crippen LogP contribution in [-0.4, -0.2) is 35.0 Å². The number of nitrogens with zero attached hydrogens (tertiary/aromatic N) is 1. The van der Waals surface area contributed by atoms with Gasteiger partial charge in [0.05, 0.1) is 11.5 Å². The number of furan rings is 1. The number of hydrogen-bond donors (Lipinski definition) is 1. The fourth-order valence-electron chi connectivity index (χ4n) is 2.87. The van der Waals surface area contributed by atoms with E-state index in [1.54, 1.807) is 31.2 Å². The van der Waals surface area contributed by atoms with Gasteiger partial charge in [-0.1, -0.05) is 19.1 Å². The Bertz CT molecular complexity index is 755. The molecule has 1 N–H and O–H groups in total. The van der Waals surface area contributed by atoms with Crippen molar-refractivity contribution in [1.82, 2.24) is 4.90 Å². The van der Waals surface area contributed by atoms with Crippen molar-refractivity contribution in [3.8, 4) is 11.3 Å². The summed E-state index contributed by atoms with van der Waals surface area (Å²) in [4.78, 5) is 25.0. The number of likely N-dealkylation sites (tertiary alicyclic amines) is 1. The normalized spacial score (nSPS) is 20.7. The smallest absolute Gasteiger partial charge is 0.308 e. The van der Waals surface area contributed by atoms with E-state index >= 15 is 0 Å². The van der Waals surface area contributed by atoms with Gasteiger partial charge in [0.25, 0.3) is 5.91 Å². The maximum absolute atomic E-state index is 13.8. The molecule has 2 atom stereocenters. The molecule has 0 saturated carbocycles. The van der Waals surface area contributed by atoms with Crippen molar-refractivity contribution in [2.75, 3.05) is 13.1 Å². The second-order valence-electron chi connectivity index (χ2n) is 5.78. The SMILES string of the molecule is C[C@@H]1CN(C(=O)c2ccc(-c3ccccc3F)o2)C[C@H]1C(=O)O. The van der Waals surface area contributed by atoms with E-state index in [-0.39, 0.29) is 35.5 Å². The predicted octanol–water partition coefficient (Wildman–Crippen LogP) is 2.88. The summed E-state index contributed by atoms with van der Waals surface area (Å²) in [6.07, 6.45) is 0. The number of benzene rings is 1. The van der Waals surface area contributed by atoms with E-state index in [1.165, 1.54) is 17.0 Å². The topological polar surface area (TPSA) is 70.8 Å². The average Bonchev–Trinajstić information content (AvgIpc) is 3.14. The van der Waals surface area contributed by atoms with Crippen molar-refractivity contribution in [3.05, 3.63) is 48.0 Å². The Kier molecular flexibility index (Phi) is 3.90. The third-order valence-electron chi connectivity index (χ3n) is 4.17. The lowest BCUT2D eigenvalue weighted by atomic mass is 9.99. The first-order chi connectivity index (χ1) is 11.0. The van der Waals surface area contributed by atoms with Crippen molar-refractivity contribution < 1.29 is 23.5 Å². The first-order valence-corrected chi connectivity index (χ1v) is 7.34. The van der Waals surface area contributed by atoms with Gasteiger partial charge in [0.1, 0.15) is 11.6 Å². The van der Waals surface area contributed by atoms with E-state index < -0.39 is 17.7 Å². The van der Waals surface area contributed by atoms with Gasteiger partial charge in [-0.25, -0.2) is 4.39 Å². The molecular formula is C17H16FNO4. The van der Waals surface area contributed by atoms with Crippen LogP contribution in [0.1, 0.15) is 17.5 Å². The number of rotatable bonds is 3. The number of carboxylic acids is 1. The van der Waals surface area contributed by atoms with Crippen molar-refractivity contribution in [3.63, 3.8) is 0 Å². The molecule has 1 aromatic carbocycles. The molecule has 1 amide bonds. The van der Waals surface area contributed by atoms with Gasteiger partial charge in [0, 0.05) is 13.1 Å². The van der Waals surface area contributed by atoms with Gasteiger partial charge in [0.15, 0.2) is 5.76 Å². The maximum atomic E-state index is 13.8. The third-order valence-corrected chi connectivity index (χ3v) is 4.17. The molecule has 0 radical (unpaired) electrons. The van der Waals surface area contributed by atoms with Crippen LogP contribution in [0.3, 0.4) is 0 Å². The van der Waals surface area contributed by atoms with Gasteiger partial charge in [-0.05, 0) is 30.2 Å². The first kappa shape index (κ1) is 15.3. The molecule has 23 heavy (non-hydrogen) atoms. The first-order valence-electron chi connectivity index (χ1n) is 7.34. The van der Waals surface area contributed by atoms with E-state index in [1.807, 2.05) is 0 Å². The number of carbonyl (C=O) groups is 2. The highest BCUT2D eigenvalue weighted by atomic mass is 19.1. The summed E-state index contributed by atoms with van der Waals surface area (Å²) in [5, 5.41) is 9.13. The monoisotopic (exact) mass is 317 g/mol. The average molecular weight is 317 g/mol. The van der Waals surface area contributed by atoms with Gasteiger partial charge in [-0.3, -0.25) is 9.59 Å². The predicted molar refractivity (Wildman–Crippen MR) is 80.3 cm³/mol. The van der Waals surface area contributed by atoms with Crippen LogP contribution in [0.2, 0.25) is 0 Å². The lowest BCUT2D eigenvalue weighted by Gasteiger charge is -2.13. The van der Waals surface area contributed by atoms with Gasteiger partial charge in [-0.2, -0.15) is 0 Å². The quantitative estimate of drug-likeness (QED) is 0.945. The van der Waals surface area contributed by atoms with E-state index in [2.05, 4.69) is 0 Å². The number of amides is 1. The second kappa shape index (κ2) is 5.87. The van der Waals surface area contributed by atoms with E-state index in [9.17, 15) is 14.0 Å². The summed E-state index contributed by atoms with van der Waals surface area (Å²) in [6.45, 7) is 2.33. The molecule has 3 rings (SSSR count). The zero-order valence-electron chi connectivity index (χ0n) is 12.5. The van der Waals surface area contributed by atoms with Gasteiger partial charge >= 0.3 is 5.97 Å². The largest absolute Gasteiger partial charge is 0.481 e. The zero-order chi connectivity index (χ0) is 16.6. The Hall–Kier alpha value is -2.63. The summed E-state index contributed by atoms with van der Waals surface area (Å²) < 4.78 is 19.2. The summed E-state index contributed by atoms with van der Waals surface area (Å²) >= 11 is 0. The summed E-state index contributed by atoms with van der Waals surface area (Å²) in [7, 11) is 0. The number of carbonyl (C=O) groups excluding carboxylic acids is 1. The van der Waals surface area contributed by atoms with Crippen molar-refractivity contribution in [2.24, 2.45) is 11.8 Å². The molecular weight excluding hydrogens is 301 g/mol. The second-order valence-corrected chi connectivity index (χ2v) is 5.78. The van der Waals surface area contributed by atoms with Crippen LogP contribution in [0, 0.1) is 17.7 Å². The lowest BCUT2D eigenvalue weighted by molar-refractivity contribution is -0.142. The van der Waals surface area contributed by atoms with E-state index in [4.69, 9.17) is 9.52 Å². The van der Waals surface area contributed by atoms with Crippen LogP contribution >= 0.6 is 0 Å². The van der Waals surface area contributed by atoms with Crippen LogP contribution in [0.15, 0.2) is 40.8 Å². The van der Waals surface area contributed by atoms with Gasteiger partial charge < -0.3 is 14.4 Å². The standard InChI is InChI=1S/C17H16FNO4/c1-10-8-19(9-12(10)17(21)22)16(20)15-7-6-14(23-15)11-4-2-3-5-13(11)18/h2-7,10,12H,8-9H2,1H3,(H,21,22)/t10-,12-/m1/s1. The molecule has 120 valence electrons. The highest BCUT2D eigenvalue weighted by Crippen LogP contribution is 2.28. The Morgan fingerprint density at radius 1 is 1.22 bits per heavy atom. The third kappa shape index (κ3) is 2.84. The number of aliphatic carboxylic acids is 1. The number of hydrogen-bond acceptors (Lipinski definition) is 3. The van der Waals surface area contributed by atoms with E-state index in [0.29, 0.717) is 6.54 Å². The van der Waals surface area contributed by atoms with Crippen LogP contribution < -0.4 is 0 Å². The zero-order valence-corrected chi connectivity index (χ0v) is 12.5. The number of halogens is 1. The molecule has 2 heterocycles. The fraction of sp³-hybridized carbons (Fsp3) is 0.294. The van der Waals surface area contributed by atoms with Gasteiger partial charge in [0.2, 0.25) is 0 Å². The van der Waals surface area contributed by atoms with Crippen molar-refractivity contribution in [2.45, 2.75) is 6.92 Å². The molecule has 1 aliphatic rings. The minimum absolute atomic E-state index is 0.0847. The maximum Gasteiger partial charge on any atom is 0.308 e. The molecule has 1 fully saturated rings. The Balaban J connectivity index is 1.80. The van der Waals surface area contributed by atoms with Gasteiger partial charge in [-0.15, -0.1) is 0 Å². The molecule has 5 nitrogen and oxygen atoms in total. The number of carboxylic acid groups (broad SMARTS) is 1. The summed E-state index contributed by atoms with van der Waals surface area (Å²) in [5.74, 6) is -2.03. The van der Waals surface area contributed by atoms with Crippen LogP contribution in [-0.2, 0) is 4.79 Å². The fourth-order valence-corrected chi connectivity index (χ4v) is 2.87. The van der Waals surface area contributed by atoms with Crippen LogP contribution in [0.5, 0.6) is 0 Å². The Morgan fingerprint density at radius 3 is 2.61 bits per heavy atom. The molecule has 0 spiro atoms. The molecule has 6 heteroatoms. The molecule has 2 aromatic rings. The summed E-state index contributed by atoms with van der Waals surface area (Å²) in [5.41, 5.74) is 0.282.